The molecule has 2 aromatic carbocycles. The lowest BCUT2D eigenvalue weighted by atomic mass is 9.96. The van der Waals surface area contributed by atoms with Gasteiger partial charge in [-0.3, -0.25) is 4.79 Å². The van der Waals surface area contributed by atoms with E-state index in [1.807, 2.05) is 17.0 Å². The van der Waals surface area contributed by atoms with Crippen LogP contribution in [0.2, 0.25) is 0 Å². The number of carbonyl (C=O) groups excluding carboxylic acids is 1. The molecule has 0 unspecified atom stereocenters. The van der Waals surface area contributed by atoms with E-state index >= 15 is 0 Å². The lowest BCUT2D eigenvalue weighted by molar-refractivity contribution is 0.0693. The van der Waals surface area contributed by atoms with E-state index in [2.05, 4.69) is 20.6 Å². The number of amides is 1. The molecule has 1 aliphatic rings. The number of nitrogens with one attached hydrogen (secondary N) is 2. The van der Waals surface area contributed by atoms with Gasteiger partial charge < -0.3 is 21.3 Å². The summed E-state index contributed by atoms with van der Waals surface area (Å²) in [7, 11) is -3.48. The van der Waals surface area contributed by atoms with Crippen LogP contribution in [0.3, 0.4) is 0 Å². The van der Waals surface area contributed by atoms with Crippen LogP contribution in [0.15, 0.2) is 65.7 Å². The molecule has 0 radical (unpaired) electrons. The predicted octanol–water partition coefficient (Wildman–Crippen LogP) is 3.96. The topological polar surface area (TPSA) is 130 Å². The second-order valence-corrected chi connectivity index (χ2v) is 11.6. The molecule has 0 atom stereocenters. The summed E-state index contributed by atoms with van der Waals surface area (Å²) in [5.41, 5.74) is 7.48. The van der Waals surface area contributed by atoms with Crippen LogP contribution in [0, 0.1) is 5.92 Å². The van der Waals surface area contributed by atoms with Gasteiger partial charge in [-0.25, -0.2) is 13.4 Å². The van der Waals surface area contributed by atoms with Crippen molar-refractivity contribution in [1.82, 2.24) is 14.9 Å². The molecule has 1 amide bonds. The largest absolute Gasteiger partial charge is 0.339 e. The maximum absolute atomic E-state index is 13.0. The van der Waals surface area contributed by atoms with Crippen molar-refractivity contribution in [2.45, 2.75) is 36.8 Å². The Labute approximate surface area is 212 Å². The second kappa shape index (κ2) is 11.0. The standard InChI is InChI=1S/C26H32N6O3S/c1-18(2)36(34,35)23-9-4-3-8-22(23)30-24-10-13-28-26(31-24)29-21-7-5-6-20(16-21)25(33)32-14-11-19(17-27)12-15-32/h3-10,13,16,18-19H,11-12,14-15,17,27H2,1-2H3,(H2,28,29,30,31). The number of nitrogens with zero attached hydrogens (tertiary/aromatic N) is 3. The maximum Gasteiger partial charge on any atom is 0.253 e. The Morgan fingerprint density at radius 3 is 2.56 bits per heavy atom. The smallest absolute Gasteiger partial charge is 0.253 e. The Bertz CT molecular complexity index is 1320. The summed E-state index contributed by atoms with van der Waals surface area (Å²) in [5, 5.41) is 5.69. The zero-order valence-corrected chi connectivity index (χ0v) is 21.3. The number of likely N-dealkylation sites (tertiary alicyclic amines) is 1. The molecule has 0 saturated carbocycles. The van der Waals surface area contributed by atoms with Crippen LogP contribution in [0.25, 0.3) is 0 Å². The number of piperidine rings is 1. The molecule has 0 aliphatic carbocycles. The number of aromatic nitrogens is 2. The highest BCUT2D eigenvalue weighted by molar-refractivity contribution is 7.92. The summed E-state index contributed by atoms with van der Waals surface area (Å²) < 4.78 is 25.5. The van der Waals surface area contributed by atoms with E-state index in [0.29, 0.717) is 54.3 Å². The number of sulfone groups is 1. The van der Waals surface area contributed by atoms with E-state index in [-0.39, 0.29) is 10.8 Å². The average molecular weight is 509 g/mol. The van der Waals surface area contributed by atoms with E-state index in [9.17, 15) is 13.2 Å². The SMILES string of the molecule is CC(C)S(=O)(=O)c1ccccc1Nc1ccnc(Nc2cccc(C(=O)N3CCC(CN)CC3)c2)n1. The highest BCUT2D eigenvalue weighted by atomic mass is 32.2. The summed E-state index contributed by atoms with van der Waals surface area (Å²) >= 11 is 0. The first-order valence-electron chi connectivity index (χ1n) is 12.1. The first-order chi connectivity index (χ1) is 17.3. The van der Waals surface area contributed by atoms with Crippen LogP contribution in [0.5, 0.6) is 0 Å². The summed E-state index contributed by atoms with van der Waals surface area (Å²) in [4.78, 5) is 23.8. The third-order valence-electron chi connectivity index (χ3n) is 6.33. The zero-order chi connectivity index (χ0) is 25.7. The first-order valence-corrected chi connectivity index (χ1v) is 13.6. The van der Waals surface area contributed by atoms with Crippen LogP contribution in [0.1, 0.15) is 37.0 Å². The summed E-state index contributed by atoms with van der Waals surface area (Å²) in [6, 6.07) is 15.6. The predicted molar refractivity (Wildman–Crippen MR) is 141 cm³/mol. The Balaban J connectivity index is 1.49. The van der Waals surface area contributed by atoms with Gasteiger partial charge in [0.1, 0.15) is 5.82 Å². The molecule has 1 aromatic heterocycles. The molecule has 0 spiro atoms. The third kappa shape index (κ3) is 5.83. The average Bonchev–Trinajstić information content (AvgIpc) is 2.89. The molecule has 4 N–H and O–H groups in total. The number of nitrogens with two attached hydrogens (primary N) is 1. The van der Waals surface area contributed by atoms with Gasteiger partial charge in [0.2, 0.25) is 5.95 Å². The van der Waals surface area contributed by atoms with E-state index in [0.717, 1.165) is 12.8 Å². The number of carbonyl (C=O) groups is 1. The minimum absolute atomic E-state index is 0.00609. The molecule has 3 aromatic rings. The highest BCUT2D eigenvalue weighted by Crippen LogP contribution is 2.27. The van der Waals surface area contributed by atoms with Gasteiger partial charge in [-0.2, -0.15) is 4.98 Å². The highest BCUT2D eigenvalue weighted by Gasteiger charge is 2.24. The maximum atomic E-state index is 13.0. The lowest BCUT2D eigenvalue weighted by Gasteiger charge is -2.31. The fourth-order valence-electron chi connectivity index (χ4n) is 4.11. The van der Waals surface area contributed by atoms with Crippen molar-refractivity contribution >= 4 is 38.9 Å². The van der Waals surface area contributed by atoms with Gasteiger partial charge >= 0.3 is 0 Å². The third-order valence-corrected chi connectivity index (χ3v) is 8.54. The molecule has 190 valence electrons. The van der Waals surface area contributed by atoms with E-state index in [4.69, 9.17) is 5.73 Å². The Hall–Kier alpha value is -3.50. The van der Waals surface area contributed by atoms with E-state index in [1.165, 1.54) is 0 Å². The molecule has 1 fully saturated rings. The van der Waals surface area contributed by atoms with Crippen LogP contribution in [0.4, 0.5) is 23.1 Å². The van der Waals surface area contributed by atoms with E-state index < -0.39 is 15.1 Å². The van der Waals surface area contributed by atoms with Crippen LogP contribution >= 0.6 is 0 Å². The number of hydrogen-bond acceptors (Lipinski definition) is 8. The van der Waals surface area contributed by atoms with Crippen molar-refractivity contribution in [3.8, 4) is 0 Å². The number of benzene rings is 2. The Morgan fingerprint density at radius 1 is 1.08 bits per heavy atom. The molecule has 4 rings (SSSR count). The van der Waals surface area contributed by atoms with Gasteiger partial charge in [0, 0.05) is 30.5 Å². The second-order valence-electron chi connectivity index (χ2n) is 9.16. The minimum atomic E-state index is -3.48. The molecule has 9 nitrogen and oxygen atoms in total. The van der Waals surface area contributed by atoms with Crippen LogP contribution < -0.4 is 16.4 Å². The quantitative estimate of drug-likeness (QED) is 0.417. The van der Waals surface area contributed by atoms with Gasteiger partial charge in [0.05, 0.1) is 15.8 Å². The van der Waals surface area contributed by atoms with E-state index in [1.54, 1.807) is 62.5 Å². The zero-order valence-electron chi connectivity index (χ0n) is 20.5. The first kappa shape index (κ1) is 25.6. The number of hydrogen-bond donors (Lipinski definition) is 3. The minimum Gasteiger partial charge on any atom is -0.339 e. The summed E-state index contributed by atoms with van der Waals surface area (Å²) in [6.45, 7) is 5.39. The van der Waals surface area contributed by atoms with Crippen molar-refractivity contribution in [3.63, 3.8) is 0 Å². The monoisotopic (exact) mass is 508 g/mol. The van der Waals surface area contributed by atoms with Crippen molar-refractivity contribution in [3.05, 3.63) is 66.4 Å². The number of para-hydroxylation sites is 1. The molecule has 0 bridgehead atoms. The number of anilines is 4. The molecular formula is C26H32N6O3S. The van der Waals surface area contributed by atoms with Crippen molar-refractivity contribution in [2.24, 2.45) is 11.7 Å². The summed E-state index contributed by atoms with van der Waals surface area (Å²) in [5.74, 6) is 1.23. The van der Waals surface area contributed by atoms with Gasteiger partial charge in [-0.05, 0) is 75.5 Å². The molecule has 36 heavy (non-hydrogen) atoms. The van der Waals surface area contributed by atoms with Crippen molar-refractivity contribution < 1.29 is 13.2 Å². The van der Waals surface area contributed by atoms with Crippen LogP contribution in [-0.4, -0.2) is 54.1 Å². The van der Waals surface area contributed by atoms with Gasteiger partial charge in [0.25, 0.3) is 5.91 Å². The fourth-order valence-corrected chi connectivity index (χ4v) is 5.31. The molecule has 2 heterocycles. The number of rotatable bonds is 8. The van der Waals surface area contributed by atoms with Gasteiger partial charge in [0.15, 0.2) is 9.84 Å². The fraction of sp³-hybridized carbons (Fsp3) is 0.346. The summed E-state index contributed by atoms with van der Waals surface area (Å²) in [6.07, 6.45) is 3.43. The molecule has 1 saturated heterocycles. The van der Waals surface area contributed by atoms with Crippen molar-refractivity contribution in [2.75, 3.05) is 30.3 Å². The van der Waals surface area contributed by atoms with Gasteiger partial charge in [-0.1, -0.05) is 18.2 Å². The van der Waals surface area contributed by atoms with Crippen LogP contribution in [-0.2, 0) is 9.84 Å². The normalized spacial score (nSPS) is 14.6. The van der Waals surface area contributed by atoms with Gasteiger partial charge in [-0.15, -0.1) is 0 Å². The Kier molecular flexibility index (Phi) is 7.85. The molecular weight excluding hydrogens is 476 g/mol. The molecule has 1 aliphatic heterocycles. The molecule has 10 heteroatoms. The lowest BCUT2D eigenvalue weighted by Crippen LogP contribution is -2.40. The van der Waals surface area contributed by atoms with Crippen molar-refractivity contribution in [1.29, 1.82) is 0 Å². The Morgan fingerprint density at radius 2 is 1.83 bits per heavy atom.